The number of nitrogens with zero attached hydrogens (tertiary/aromatic N) is 13. The van der Waals surface area contributed by atoms with Crippen LogP contribution >= 0.6 is 34.0 Å². The quantitative estimate of drug-likeness (QED) is 0.0282. The first kappa shape index (κ1) is 91.2. The molecule has 18 rings (SSSR count). The van der Waals surface area contributed by atoms with E-state index in [9.17, 15) is 28.1 Å². The van der Waals surface area contributed by atoms with Crippen molar-refractivity contribution in [3.63, 3.8) is 0 Å². The molecule has 9 heterocycles. The van der Waals surface area contributed by atoms with Gasteiger partial charge in [-0.05, 0) is 139 Å². The van der Waals surface area contributed by atoms with E-state index < -0.39 is 11.7 Å². The van der Waals surface area contributed by atoms with Crippen molar-refractivity contribution in [1.82, 2.24) is 44.4 Å². The third-order valence-corrected chi connectivity index (χ3v) is 25.9. The molecule has 3 saturated heterocycles. The topological polar surface area (TPSA) is 220 Å². The van der Waals surface area contributed by atoms with Crippen LogP contribution in [0.5, 0.6) is 57.5 Å². The first-order valence-corrected chi connectivity index (χ1v) is 46.0. The molecule has 0 spiro atoms. The molecular weight excluding hydrogens is 1730 g/mol. The smallest absolute Gasteiger partial charge is 0.416 e. The van der Waals surface area contributed by atoms with Gasteiger partial charge in [-0.3, -0.25) is 29.6 Å². The molecule has 0 saturated carbocycles. The van der Waals surface area contributed by atoms with E-state index in [0.717, 1.165) is 193 Å². The number of piperazine rings is 3. The van der Waals surface area contributed by atoms with Crippen molar-refractivity contribution in [3.05, 3.63) is 310 Å². The zero-order valence-corrected chi connectivity index (χ0v) is 76.2. The summed E-state index contributed by atoms with van der Waals surface area (Å²) in [5.74, 6) is 7.82. The zero-order chi connectivity index (χ0) is 90.9. The number of aryl methyl sites for hydroxylation is 1. The predicted molar refractivity (Wildman–Crippen MR) is 503 cm³/mol. The Bertz CT molecular complexity index is 5920. The van der Waals surface area contributed by atoms with E-state index >= 15 is 0 Å². The lowest BCUT2D eigenvalue weighted by molar-refractivity contribution is -0.384. The average molecular weight is 1840 g/mol. The Hall–Kier alpha value is -13.1. The molecule has 0 unspecified atom stereocenters. The Morgan fingerprint density at radius 2 is 0.878 bits per heavy atom. The number of fused-ring (bicyclic) bond motifs is 3. The lowest BCUT2D eigenvalue weighted by atomic mass is 10.1. The molecule has 26 nitrogen and oxygen atoms in total. The zero-order valence-electron chi connectivity index (χ0n) is 73.8. The van der Waals surface area contributed by atoms with Gasteiger partial charge in [0.25, 0.3) is 11.6 Å². The van der Waals surface area contributed by atoms with E-state index in [2.05, 4.69) is 120 Å². The maximum Gasteiger partial charge on any atom is 0.416 e. The molecule has 1 amide bonds. The Kier molecular flexibility index (Phi) is 29.7. The molecular formula is C99H104F3N13O13S3. The van der Waals surface area contributed by atoms with Gasteiger partial charge in [-0.1, -0.05) is 97.6 Å². The van der Waals surface area contributed by atoms with Crippen molar-refractivity contribution in [3.8, 4) is 57.5 Å². The molecule has 0 radical (unpaired) electrons. The Morgan fingerprint density at radius 1 is 0.443 bits per heavy atom. The Labute approximate surface area is 772 Å². The minimum absolute atomic E-state index is 0.00361. The summed E-state index contributed by atoms with van der Waals surface area (Å²) in [7, 11) is 4.98. The number of non-ortho nitro benzene ring substituents is 1. The minimum atomic E-state index is -4.36. The molecule has 32 heteroatoms. The Balaban J connectivity index is 0.000000144. The summed E-state index contributed by atoms with van der Waals surface area (Å²) in [6, 6.07) is 61.1. The van der Waals surface area contributed by atoms with Crippen molar-refractivity contribution in [2.24, 2.45) is 0 Å². The van der Waals surface area contributed by atoms with Crippen molar-refractivity contribution in [1.29, 1.82) is 0 Å². The van der Waals surface area contributed by atoms with Crippen molar-refractivity contribution < 1.29 is 70.3 Å². The number of hydrogen-bond acceptors (Lipinski definition) is 27. The number of carbonyl (C=O) groups is 1. The van der Waals surface area contributed by atoms with Crippen LogP contribution in [0.15, 0.2) is 223 Å². The number of para-hydroxylation sites is 2. The summed E-state index contributed by atoms with van der Waals surface area (Å²) in [4.78, 5) is 58.6. The van der Waals surface area contributed by atoms with E-state index in [-0.39, 0.29) is 36.9 Å². The fraction of sp³-hybridized carbons (Fsp3) is 0.313. The third kappa shape index (κ3) is 23.6. The highest BCUT2D eigenvalue weighted by Crippen LogP contribution is 2.40. The van der Waals surface area contributed by atoms with Gasteiger partial charge in [0.2, 0.25) is 20.4 Å². The number of methoxy groups -OCH3 is 3. The van der Waals surface area contributed by atoms with Crippen LogP contribution in [-0.4, -0.2) is 182 Å². The van der Waals surface area contributed by atoms with Crippen molar-refractivity contribution >= 4 is 74.1 Å². The highest BCUT2D eigenvalue weighted by Gasteiger charge is 2.33. The number of halogens is 3. The van der Waals surface area contributed by atoms with Crippen LogP contribution in [-0.2, 0) is 65.1 Å². The molecule has 6 aliphatic heterocycles. The highest BCUT2D eigenvalue weighted by molar-refractivity contribution is 7.10. The fourth-order valence-corrected chi connectivity index (χ4v) is 18.9. The van der Waals surface area contributed by atoms with Gasteiger partial charge in [0.05, 0.1) is 86.5 Å². The lowest BCUT2D eigenvalue weighted by Gasteiger charge is -2.38. The maximum absolute atomic E-state index is 13.4. The molecule has 3 aromatic heterocycles. The number of rotatable bonds is 32. The number of anilines is 3. The molecule has 3 fully saturated rings. The van der Waals surface area contributed by atoms with Gasteiger partial charge in [-0.15, -0.1) is 34.0 Å². The second kappa shape index (κ2) is 42.6. The normalized spacial score (nSPS) is 14.4. The number of carbonyl (C=O) groups excluding carboxylic acids is 1. The molecule has 12 aromatic rings. The molecule has 682 valence electrons. The second-order valence-electron chi connectivity index (χ2n) is 32.2. The van der Waals surface area contributed by atoms with Crippen molar-refractivity contribution in [2.75, 3.05) is 142 Å². The van der Waals surface area contributed by atoms with E-state index in [0.29, 0.717) is 103 Å². The first-order chi connectivity index (χ1) is 63.7. The largest absolute Gasteiger partial charge is 0.497 e. The molecule has 0 bridgehead atoms. The summed E-state index contributed by atoms with van der Waals surface area (Å²) in [6.07, 6.45) is -4.36. The van der Waals surface area contributed by atoms with Gasteiger partial charge >= 0.3 is 6.18 Å². The maximum atomic E-state index is 13.4. The summed E-state index contributed by atoms with van der Waals surface area (Å²) < 4.78 is 95.2. The molecule has 0 aliphatic carbocycles. The van der Waals surface area contributed by atoms with E-state index in [1.807, 2.05) is 125 Å². The van der Waals surface area contributed by atoms with Gasteiger partial charge in [0, 0.05) is 169 Å². The summed E-state index contributed by atoms with van der Waals surface area (Å²) in [6.45, 7) is 28.8. The van der Waals surface area contributed by atoms with Crippen LogP contribution in [0.3, 0.4) is 0 Å². The molecule has 0 N–H and O–H groups in total. The fourth-order valence-electron chi connectivity index (χ4n) is 16.4. The van der Waals surface area contributed by atoms with Crippen LogP contribution < -0.4 is 62.1 Å². The van der Waals surface area contributed by atoms with Gasteiger partial charge in [-0.25, -0.2) is 15.0 Å². The van der Waals surface area contributed by atoms with Crippen LogP contribution in [0.2, 0.25) is 0 Å². The number of alkyl halides is 3. The SMILES string of the molecule is C=C(c1csc(CN(Cc2ccc(OC)cc2)Cc2ccc3c(c2)OCO3)n1)N1CCN(c2cccc(C(F)(F)F)c2)CC1.C=C(c1csc(CN(Cc2ccc3c(c2)OCO3)Cc2ccc(OC)cc2OC)n1)N1CCN(c2ccc([N+](=O)[O-])cc2)CC1.CCOc1ccccc1N1CCN(C(=O)c2csc(CN(Cc3ccc(C)cc3)Cc3ccc4c(c3)OCO4)n2)CC1. The molecule has 131 heavy (non-hydrogen) atoms. The van der Waals surface area contributed by atoms with Gasteiger partial charge in [0.1, 0.15) is 43.7 Å². The van der Waals surface area contributed by atoms with Crippen molar-refractivity contribution in [2.45, 2.75) is 78.9 Å². The second-order valence-corrected chi connectivity index (χ2v) is 35.1. The van der Waals surface area contributed by atoms with Crippen LogP contribution in [0.25, 0.3) is 11.4 Å². The minimum Gasteiger partial charge on any atom is -0.497 e. The average Bonchev–Trinajstić information content (AvgIpc) is 1.76. The highest BCUT2D eigenvalue weighted by atomic mass is 32.1. The summed E-state index contributed by atoms with van der Waals surface area (Å²) >= 11 is 4.77. The summed E-state index contributed by atoms with van der Waals surface area (Å²) in [5, 5.41) is 19.9. The number of thiazole rings is 3. The number of hydrogen-bond donors (Lipinski definition) is 0. The third-order valence-electron chi connectivity index (χ3n) is 23.4. The molecule has 9 aromatic carbocycles. The van der Waals surface area contributed by atoms with Crippen LogP contribution in [0.4, 0.5) is 35.9 Å². The van der Waals surface area contributed by atoms with Crippen LogP contribution in [0.1, 0.15) is 88.3 Å². The number of nitro groups is 1. The molecule has 0 atom stereocenters. The lowest BCUT2D eigenvalue weighted by Crippen LogP contribution is -2.49. The predicted octanol–water partition coefficient (Wildman–Crippen LogP) is 18.4. The number of amides is 1. The van der Waals surface area contributed by atoms with Gasteiger partial charge in [0.15, 0.2) is 34.5 Å². The van der Waals surface area contributed by atoms with Gasteiger partial charge in [-0.2, -0.15) is 13.2 Å². The number of benzene rings is 9. The number of nitro benzene ring substituents is 1. The Morgan fingerprint density at radius 3 is 1.37 bits per heavy atom. The van der Waals surface area contributed by atoms with E-state index in [1.54, 1.807) is 73.5 Å². The van der Waals surface area contributed by atoms with E-state index in [1.165, 1.54) is 23.3 Å². The monoisotopic (exact) mass is 1840 g/mol. The number of ether oxygens (including phenoxy) is 10. The first-order valence-electron chi connectivity index (χ1n) is 43.3. The summed E-state index contributed by atoms with van der Waals surface area (Å²) in [5.41, 5.74) is 14.1. The van der Waals surface area contributed by atoms with Gasteiger partial charge < -0.3 is 76.8 Å². The standard InChI is InChI=1S/C33H33F3N4O3S.C33H35N5O6S.C33H36N4O4S/c1-23(39-12-14-40(15-13-39)27-5-3-4-26(17-27)33(34,35)36)29-21-44-32(37-29)20-38(18-24-6-9-28(41-2)10-7-24)19-25-8-11-30-31(16-25)43-22-42-30;1-23(36-12-14-37(15-13-36)26-6-8-27(9-7-26)38(39)40)29-21-45-33(34-29)20-35(18-24-4-11-30-32(16-24)44-22-43-30)19-25-5-10-28(41-2)17-31(25)42-3;1-3-39-29-7-5-4-6-28(29)36-14-16-37(17-15-36)33(38)27-22-42-32(34-27)21-35(19-25-10-8-24(2)9-11-25)20-26-12-13-30-31(18-26)41-23-40-30/h3-11,16-17,21H,1,12-15,18-20,22H2,2H3;4-11,16-17,21H,1,12-15,18-20,22H2,2-3H3;4-13,18,22H,3,14-17,19-21,23H2,1-2H3. The van der Waals surface area contributed by atoms with Crippen LogP contribution in [0, 0.1) is 17.0 Å². The number of aromatic nitrogens is 3. The molecule has 6 aliphatic rings. The van der Waals surface area contributed by atoms with E-state index in [4.69, 9.17) is 62.3 Å².